The average Bonchev–Trinajstić information content (AvgIpc) is 2.48. The van der Waals surface area contributed by atoms with Crippen LogP contribution in [0.2, 0.25) is 0 Å². The molecule has 0 saturated carbocycles. The number of hydrogen-bond acceptors (Lipinski definition) is 4. The van der Waals surface area contributed by atoms with Gasteiger partial charge in [0, 0.05) is 18.9 Å². The van der Waals surface area contributed by atoms with Crippen LogP contribution in [0.3, 0.4) is 0 Å². The Balaban J connectivity index is 2.22. The number of carboxylic acids is 1. The first-order chi connectivity index (χ1) is 10.1. The summed E-state index contributed by atoms with van der Waals surface area (Å²) in [5.74, 6) is -1.25. The number of carbonyl (C=O) groups excluding carboxylic acids is 1. The number of benzene rings is 1. The molecule has 21 heavy (non-hydrogen) atoms. The molecule has 0 spiro atoms. The van der Waals surface area contributed by atoms with E-state index in [1.807, 2.05) is 6.07 Å². The Morgan fingerprint density at radius 3 is 2.76 bits per heavy atom. The Kier molecular flexibility index (Phi) is 4.63. The second kappa shape index (κ2) is 6.62. The van der Waals surface area contributed by atoms with Gasteiger partial charge in [0.25, 0.3) is 5.91 Å². The number of nitrogens with one attached hydrogen (secondary N) is 1. The molecule has 0 atom stereocenters. The lowest BCUT2D eigenvalue weighted by atomic mass is 10.1. The zero-order chi connectivity index (χ0) is 15.2. The van der Waals surface area contributed by atoms with Crippen molar-refractivity contribution in [3.05, 3.63) is 59.3 Å². The molecule has 0 aliphatic rings. The topological polar surface area (TPSA) is 88.5 Å². The normalized spacial score (nSPS) is 10.1. The number of anilines is 1. The van der Waals surface area contributed by atoms with Crippen molar-refractivity contribution < 1.29 is 19.4 Å². The quantitative estimate of drug-likeness (QED) is 0.879. The number of nitrogens with zero attached hydrogens (tertiary/aromatic N) is 1. The number of amides is 1. The average molecular weight is 286 g/mol. The molecular formula is C15H14N2O4. The molecule has 2 aromatic rings. The van der Waals surface area contributed by atoms with Gasteiger partial charge >= 0.3 is 5.97 Å². The summed E-state index contributed by atoms with van der Waals surface area (Å²) in [7, 11) is 1.55. The highest BCUT2D eigenvalue weighted by atomic mass is 16.5. The number of hydrogen-bond donors (Lipinski definition) is 2. The zero-order valence-corrected chi connectivity index (χ0v) is 11.4. The van der Waals surface area contributed by atoms with Crippen LogP contribution in [-0.2, 0) is 11.3 Å². The highest BCUT2D eigenvalue weighted by molar-refractivity contribution is 6.05. The van der Waals surface area contributed by atoms with E-state index < -0.39 is 5.97 Å². The SMILES string of the molecule is COCc1ccccc1C(=O)Nc1cc(C(=O)O)ccn1. The Labute approximate surface area is 121 Å². The summed E-state index contributed by atoms with van der Waals surface area (Å²) in [5, 5.41) is 11.5. The van der Waals surface area contributed by atoms with E-state index in [0.29, 0.717) is 12.2 Å². The van der Waals surface area contributed by atoms with Crippen molar-refractivity contribution >= 4 is 17.7 Å². The molecule has 1 aromatic carbocycles. The molecule has 0 unspecified atom stereocenters. The lowest BCUT2D eigenvalue weighted by Crippen LogP contribution is -2.15. The number of methoxy groups -OCH3 is 1. The van der Waals surface area contributed by atoms with Gasteiger partial charge in [-0.1, -0.05) is 18.2 Å². The third-order valence-electron chi connectivity index (χ3n) is 2.81. The maximum Gasteiger partial charge on any atom is 0.335 e. The minimum atomic E-state index is -1.08. The fraction of sp³-hybridized carbons (Fsp3) is 0.133. The number of carboxylic acid groups (broad SMARTS) is 1. The summed E-state index contributed by atoms with van der Waals surface area (Å²) >= 11 is 0. The van der Waals surface area contributed by atoms with E-state index in [1.165, 1.54) is 18.3 Å². The molecule has 1 heterocycles. The molecule has 6 heteroatoms. The minimum Gasteiger partial charge on any atom is -0.478 e. The fourth-order valence-electron chi connectivity index (χ4n) is 1.84. The Morgan fingerprint density at radius 2 is 2.05 bits per heavy atom. The molecule has 6 nitrogen and oxygen atoms in total. The van der Waals surface area contributed by atoms with Gasteiger partial charge in [-0.25, -0.2) is 9.78 Å². The fourth-order valence-corrected chi connectivity index (χ4v) is 1.84. The maximum atomic E-state index is 12.2. The highest BCUT2D eigenvalue weighted by Gasteiger charge is 2.12. The van der Waals surface area contributed by atoms with Gasteiger partial charge in [-0.2, -0.15) is 0 Å². The van der Waals surface area contributed by atoms with Crippen LogP contribution in [0.1, 0.15) is 26.3 Å². The van der Waals surface area contributed by atoms with Crippen LogP contribution in [0, 0.1) is 0 Å². The van der Waals surface area contributed by atoms with Crippen molar-refractivity contribution in [1.29, 1.82) is 0 Å². The summed E-state index contributed by atoms with van der Waals surface area (Å²) in [5.41, 5.74) is 1.26. The van der Waals surface area contributed by atoms with Gasteiger partial charge < -0.3 is 15.2 Å². The zero-order valence-electron chi connectivity index (χ0n) is 11.4. The predicted octanol–water partition coefficient (Wildman–Crippen LogP) is 2.18. The van der Waals surface area contributed by atoms with E-state index in [-0.39, 0.29) is 17.3 Å². The van der Waals surface area contributed by atoms with Crippen molar-refractivity contribution in [3.63, 3.8) is 0 Å². The third-order valence-corrected chi connectivity index (χ3v) is 2.81. The van der Waals surface area contributed by atoms with Crippen LogP contribution < -0.4 is 5.32 Å². The summed E-state index contributed by atoms with van der Waals surface area (Å²) in [6, 6.07) is 9.68. The Morgan fingerprint density at radius 1 is 1.29 bits per heavy atom. The Hall–Kier alpha value is -2.73. The van der Waals surface area contributed by atoms with E-state index in [2.05, 4.69) is 10.3 Å². The van der Waals surface area contributed by atoms with E-state index in [9.17, 15) is 9.59 Å². The molecule has 0 saturated heterocycles. The molecule has 1 aromatic heterocycles. The minimum absolute atomic E-state index is 0.0606. The molecular weight excluding hydrogens is 272 g/mol. The standard InChI is InChI=1S/C15H14N2O4/c1-21-9-11-4-2-3-5-12(11)14(18)17-13-8-10(15(19)20)6-7-16-13/h2-8H,9H2,1H3,(H,19,20)(H,16,17,18). The van der Waals surface area contributed by atoms with Crippen LogP contribution in [0.15, 0.2) is 42.6 Å². The number of pyridine rings is 1. The van der Waals surface area contributed by atoms with Gasteiger partial charge in [-0.15, -0.1) is 0 Å². The van der Waals surface area contributed by atoms with Crippen LogP contribution in [-0.4, -0.2) is 29.1 Å². The van der Waals surface area contributed by atoms with Gasteiger partial charge in [-0.05, 0) is 23.8 Å². The highest BCUT2D eigenvalue weighted by Crippen LogP contribution is 2.13. The van der Waals surface area contributed by atoms with Gasteiger partial charge in [0.15, 0.2) is 0 Å². The second-order valence-corrected chi connectivity index (χ2v) is 4.28. The molecule has 0 radical (unpaired) electrons. The first-order valence-electron chi connectivity index (χ1n) is 6.19. The van der Waals surface area contributed by atoms with Crippen LogP contribution in [0.4, 0.5) is 5.82 Å². The van der Waals surface area contributed by atoms with Crippen molar-refractivity contribution in [3.8, 4) is 0 Å². The van der Waals surface area contributed by atoms with Crippen LogP contribution in [0.25, 0.3) is 0 Å². The molecule has 0 bridgehead atoms. The lowest BCUT2D eigenvalue weighted by Gasteiger charge is -2.09. The van der Waals surface area contributed by atoms with Crippen molar-refractivity contribution in [2.24, 2.45) is 0 Å². The molecule has 108 valence electrons. The van der Waals surface area contributed by atoms with E-state index in [1.54, 1.807) is 25.3 Å². The maximum absolute atomic E-state index is 12.2. The number of aromatic carboxylic acids is 1. The van der Waals surface area contributed by atoms with Crippen molar-refractivity contribution in [1.82, 2.24) is 4.98 Å². The number of carbonyl (C=O) groups is 2. The summed E-state index contributed by atoms with van der Waals surface area (Å²) in [6.07, 6.45) is 1.33. The summed E-state index contributed by atoms with van der Waals surface area (Å²) in [4.78, 5) is 27.1. The second-order valence-electron chi connectivity index (χ2n) is 4.28. The first kappa shape index (κ1) is 14.7. The summed E-state index contributed by atoms with van der Waals surface area (Å²) in [6.45, 7) is 0.312. The lowest BCUT2D eigenvalue weighted by molar-refractivity contribution is 0.0696. The molecule has 0 fully saturated rings. The largest absolute Gasteiger partial charge is 0.478 e. The van der Waals surface area contributed by atoms with Gasteiger partial charge in [-0.3, -0.25) is 4.79 Å². The van der Waals surface area contributed by atoms with Gasteiger partial charge in [0.05, 0.1) is 12.2 Å². The Bertz CT molecular complexity index is 670. The molecule has 1 amide bonds. The smallest absolute Gasteiger partial charge is 0.335 e. The van der Waals surface area contributed by atoms with Gasteiger partial charge in [0.2, 0.25) is 0 Å². The van der Waals surface area contributed by atoms with Crippen LogP contribution in [0.5, 0.6) is 0 Å². The molecule has 2 N–H and O–H groups in total. The predicted molar refractivity (Wildman–Crippen MR) is 76.3 cm³/mol. The first-order valence-corrected chi connectivity index (χ1v) is 6.19. The molecule has 0 aliphatic heterocycles. The molecule has 0 aliphatic carbocycles. The third kappa shape index (κ3) is 3.64. The van der Waals surface area contributed by atoms with Gasteiger partial charge in [0.1, 0.15) is 5.82 Å². The molecule has 2 rings (SSSR count). The van der Waals surface area contributed by atoms with Crippen molar-refractivity contribution in [2.75, 3.05) is 12.4 Å². The van der Waals surface area contributed by atoms with E-state index in [0.717, 1.165) is 5.56 Å². The number of aromatic nitrogens is 1. The van der Waals surface area contributed by atoms with Crippen LogP contribution >= 0.6 is 0 Å². The number of rotatable bonds is 5. The summed E-state index contributed by atoms with van der Waals surface area (Å²) < 4.78 is 5.05. The van der Waals surface area contributed by atoms with E-state index in [4.69, 9.17) is 9.84 Å². The number of ether oxygens (including phenoxy) is 1. The van der Waals surface area contributed by atoms with Crippen molar-refractivity contribution in [2.45, 2.75) is 6.61 Å². The monoisotopic (exact) mass is 286 g/mol. The van der Waals surface area contributed by atoms with E-state index >= 15 is 0 Å².